The van der Waals surface area contributed by atoms with Gasteiger partial charge in [-0.25, -0.2) is 0 Å². The minimum absolute atomic E-state index is 0. The summed E-state index contributed by atoms with van der Waals surface area (Å²) in [6.45, 7) is 2.18. The number of rotatable bonds is 2. The number of aryl methyl sites for hydroxylation is 1. The van der Waals surface area contributed by atoms with Gasteiger partial charge in [0.2, 0.25) is 0 Å². The molecule has 1 aliphatic rings. The van der Waals surface area contributed by atoms with Gasteiger partial charge in [-0.05, 0) is 42.7 Å². The van der Waals surface area contributed by atoms with Crippen molar-refractivity contribution in [1.82, 2.24) is 0 Å². The highest BCUT2D eigenvalue weighted by atomic mass is 35.5. The second-order valence-corrected chi connectivity index (χ2v) is 5.34. The van der Waals surface area contributed by atoms with Gasteiger partial charge in [0.1, 0.15) is 0 Å². The van der Waals surface area contributed by atoms with E-state index in [2.05, 4.69) is 18.4 Å². The molecule has 86 valence electrons. The Kier molecular flexibility index (Phi) is 5.10. The fourth-order valence-corrected chi connectivity index (χ4v) is 3.46. The first-order chi connectivity index (χ1) is 6.79. The molecule has 2 rings (SSSR count). The van der Waals surface area contributed by atoms with E-state index in [1.165, 1.54) is 42.5 Å². The molecule has 1 aromatic rings. The van der Waals surface area contributed by atoms with Crippen LogP contribution in [-0.4, -0.2) is 0 Å². The number of thiophene rings is 1. The number of hydrogen-bond acceptors (Lipinski definition) is 2. The van der Waals surface area contributed by atoms with Crippen LogP contribution in [0.1, 0.15) is 48.6 Å². The Hall–Kier alpha value is -0.0500. The minimum atomic E-state index is 0. The molecule has 1 nitrogen and oxygen atoms in total. The first-order valence-electron chi connectivity index (χ1n) is 5.58. The van der Waals surface area contributed by atoms with Gasteiger partial charge in [0.15, 0.2) is 0 Å². The lowest BCUT2D eigenvalue weighted by Crippen LogP contribution is -2.23. The van der Waals surface area contributed by atoms with Crippen molar-refractivity contribution in [1.29, 1.82) is 0 Å². The molecule has 1 aromatic heterocycles. The third-order valence-corrected chi connectivity index (χ3v) is 4.48. The molecular formula is C12H20ClNS. The quantitative estimate of drug-likeness (QED) is 0.836. The van der Waals surface area contributed by atoms with Crippen LogP contribution in [0.5, 0.6) is 0 Å². The highest BCUT2D eigenvalue weighted by Gasteiger charge is 2.23. The average Bonchev–Trinajstić information content (AvgIpc) is 2.65. The molecule has 0 saturated heterocycles. The maximum atomic E-state index is 6.33. The van der Waals surface area contributed by atoms with Crippen molar-refractivity contribution in [2.45, 2.75) is 45.1 Å². The Morgan fingerprint density at radius 2 is 2.00 bits per heavy atom. The predicted molar refractivity (Wildman–Crippen MR) is 69.8 cm³/mol. The molecule has 2 N–H and O–H groups in total. The van der Waals surface area contributed by atoms with E-state index in [0.29, 0.717) is 6.04 Å². The fourth-order valence-electron chi connectivity index (χ4n) is 2.43. The van der Waals surface area contributed by atoms with Crippen molar-refractivity contribution < 1.29 is 0 Å². The first-order valence-corrected chi connectivity index (χ1v) is 6.46. The first kappa shape index (κ1) is 13.0. The highest BCUT2D eigenvalue weighted by Crippen LogP contribution is 2.35. The summed E-state index contributed by atoms with van der Waals surface area (Å²) >= 11 is 1.83. The van der Waals surface area contributed by atoms with E-state index in [0.717, 1.165) is 5.92 Å². The lowest BCUT2D eigenvalue weighted by atomic mass is 9.83. The van der Waals surface area contributed by atoms with Crippen molar-refractivity contribution in [3.8, 4) is 0 Å². The van der Waals surface area contributed by atoms with Crippen LogP contribution in [0.4, 0.5) is 0 Å². The molecular weight excluding hydrogens is 226 g/mol. The standard InChI is InChI=1S/C12H19NS.ClH/c1-9-7-8-14-12(9)11(13)10-5-3-2-4-6-10;/h7-8,10-11H,2-6,13H2,1H3;1H/t11-;/m0./s1. The van der Waals surface area contributed by atoms with Gasteiger partial charge in [-0.3, -0.25) is 0 Å². The van der Waals surface area contributed by atoms with Crippen LogP contribution >= 0.6 is 23.7 Å². The SMILES string of the molecule is Cc1ccsc1[C@@H](N)C1CCCCC1.Cl. The molecule has 0 radical (unpaired) electrons. The molecule has 1 saturated carbocycles. The molecule has 0 spiro atoms. The van der Waals surface area contributed by atoms with Crippen LogP contribution in [0.2, 0.25) is 0 Å². The van der Waals surface area contributed by atoms with Crippen LogP contribution < -0.4 is 5.73 Å². The number of nitrogens with two attached hydrogens (primary N) is 1. The second kappa shape index (κ2) is 5.88. The summed E-state index contributed by atoms with van der Waals surface area (Å²) in [5, 5.41) is 2.16. The van der Waals surface area contributed by atoms with Crippen LogP contribution in [0, 0.1) is 12.8 Å². The van der Waals surface area contributed by atoms with E-state index in [9.17, 15) is 0 Å². The molecule has 1 fully saturated rings. The summed E-state index contributed by atoms with van der Waals surface area (Å²) in [5.41, 5.74) is 7.71. The average molecular weight is 246 g/mol. The fraction of sp³-hybridized carbons (Fsp3) is 0.667. The van der Waals surface area contributed by atoms with Gasteiger partial charge < -0.3 is 5.73 Å². The van der Waals surface area contributed by atoms with Gasteiger partial charge in [0, 0.05) is 10.9 Å². The molecule has 1 aliphatic carbocycles. The van der Waals surface area contributed by atoms with Crippen molar-refractivity contribution >= 4 is 23.7 Å². The molecule has 0 unspecified atom stereocenters. The summed E-state index contributed by atoms with van der Waals surface area (Å²) in [5.74, 6) is 0.737. The smallest absolute Gasteiger partial charge is 0.0421 e. The zero-order valence-corrected chi connectivity index (χ0v) is 10.9. The van der Waals surface area contributed by atoms with Gasteiger partial charge in [0.25, 0.3) is 0 Å². The normalized spacial score (nSPS) is 19.6. The predicted octanol–water partition coefficient (Wildman–Crippen LogP) is 4.06. The molecule has 1 heterocycles. The molecule has 0 amide bonds. The third-order valence-electron chi connectivity index (χ3n) is 3.36. The largest absolute Gasteiger partial charge is 0.323 e. The summed E-state index contributed by atoms with van der Waals surface area (Å²) in [6, 6.07) is 2.48. The molecule has 15 heavy (non-hydrogen) atoms. The molecule has 1 atom stereocenters. The van der Waals surface area contributed by atoms with Gasteiger partial charge in [0.05, 0.1) is 0 Å². The van der Waals surface area contributed by atoms with E-state index >= 15 is 0 Å². The lowest BCUT2D eigenvalue weighted by molar-refractivity contribution is 0.310. The van der Waals surface area contributed by atoms with Crippen molar-refractivity contribution in [3.05, 3.63) is 21.9 Å². The van der Waals surface area contributed by atoms with Gasteiger partial charge >= 0.3 is 0 Å². The van der Waals surface area contributed by atoms with E-state index < -0.39 is 0 Å². The zero-order chi connectivity index (χ0) is 9.97. The Morgan fingerprint density at radius 3 is 2.53 bits per heavy atom. The second-order valence-electron chi connectivity index (χ2n) is 4.39. The minimum Gasteiger partial charge on any atom is -0.323 e. The van der Waals surface area contributed by atoms with Crippen molar-refractivity contribution in [2.24, 2.45) is 11.7 Å². The Bertz CT molecular complexity index is 292. The van der Waals surface area contributed by atoms with Crippen molar-refractivity contribution in [3.63, 3.8) is 0 Å². The summed E-state index contributed by atoms with van der Waals surface area (Å²) < 4.78 is 0. The van der Waals surface area contributed by atoms with E-state index in [1.54, 1.807) is 0 Å². The summed E-state index contributed by atoms with van der Waals surface area (Å²) in [6.07, 6.45) is 6.83. The van der Waals surface area contributed by atoms with Crippen LogP contribution in [0.3, 0.4) is 0 Å². The number of halogens is 1. The topological polar surface area (TPSA) is 26.0 Å². The monoisotopic (exact) mass is 245 g/mol. The molecule has 0 aliphatic heterocycles. The maximum absolute atomic E-state index is 6.33. The molecule has 0 aromatic carbocycles. The Morgan fingerprint density at radius 1 is 1.33 bits per heavy atom. The third kappa shape index (κ3) is 2.96. The van der Waals surface area contributed by atoms with Crippen LogP contribution in [-0.2, 0) is 0 Å². The van der Waals surface area contributed by atoms with E-state index in [-0.39, 0.29) is 12.4 Å². The van der Waals surface area contributed by atoms with E-state index in [1.807, 2.05) is 11.3 Å². The number of hydrogen-bond donors (Lipinski definition) is 1. The van der Waals surface area contributed by atoms with E-state index in [4.69, 9.17) is 5.73 Å². The summed E-state index contributed by atoms with van der Waals surface area (Å²) in [4.78, 5) is 1.41. The zero-order valence-electron chi connectivity index (χ0n) is 9.24. The van der Waals surface area contributed by atoms with Crippen LogP contribution in [0.25, 0.3) is 0 Å². The summed E-state index contributed by atoms with van der Waals surface area (Å²) in [7, 11) is 0. The van der Waals surface area contributed by atoms with Gasteiger partial charge in [-0.1, -0.05) is 19.3 Å². The van der Waals surface area contributed by atoms with Gasteiger partial charge in [-0.2, -0.15) is 0 Å². The lowest BCUT2D eigenvalue weighted by Gasteiger charge is -2.27. The van der Waals surface area contributed by atoms with Crippen LogP contribution in [0.15, 0.2) is 11.4 Å². The molecule has 3 heteroatoms. The molecule has 0 bridgehead atoms. The van der Waals surface area contributed by atoms with Crippen molar-refractivity contribution in [2.75, 3.05) is 0 Å². The highest BCUT2D eigenvalue weighted by molar-refractivity contribution is 7.10. The maximum Gasteiger partial charge on any atom is 0.0421 e. The van der Waals surface area contributed by atoms with Gasteiger partial charge in [-0.15, -0.1) is 23.7 Å². The Balaban J connectivity index is 0.00000112. The Labute approximate surface area is 102 Å².